The van der Waals surface area contributed by atoms with Crippen LogP contribution in [0.2, 0.25) is 5.02 Å². The molecule has 1 amide bonds. The Labute approximate surface area is 178 Å². The number of amides is 1. The average Bonchev–Trinajstić information content (AvgIpc) is 2.67. The summed E-state index contributed by atoms with van der Waals surface area (Å²) in [5.41, 5.74) is -0.461. The topological polar surface area (TPSA) is 132 Å². The molecule has 0 radical (unpaired) electrons. The minimum Gasteiger partial charge on any atom is -0.373 e. The second kappa shape index (κ2) is 8.64. The number of ether oxygens (including phenoxy) is 1. The van der Waals surface area contributed by atoms with Crippen LogP contribution in [-0.2, 0) is 14.8 Å². The summed E-state index contributed by atoms with van der Waals surface area (Å²) < 4.78 is 33.1. The Bertz CT molecular complexity index is 1080. The van der Waals surface area contributed by atoms with Crippen molar-refractivity contribution < 1.29 is 22.9 Å². The number of nitrogens with zero attached hydrogens (tertiary/aromatic N) is 3. The van der Waals surface area contributed by atoms with Crippen LogP contribution in [-0.4, -0.2) is 53.8 Å². The van der Waals surface area contributed by atoms with Gasteiger partial charge in [0.25, 0.3) is 5.91 Å². The molecule has 2 unspecified atom stereocenters. The molecule has 0 saturated carbocycles. The number of aromatic nitrogens is 1. The first-order chi connectivity index (χ1) is 14.1. The number of halogens is 1. The van der Waals surface area contributed by atoms with Gasteiger partial charge in [0.1, 0.15) is 16.8 Å². The third kappa shape index (κ3) is 4.59. The Morgan fingerprint density at radius 3 is 2.60 bits per heavy atom. The molecule has 160 valence electrons. The van der Waals surface area contributed by atoms with Crippen molar-refractivity contribution in [3.05, 3.63) is 57.4 Å². The third-order valence-corrected chi connectivity index (χ3v) is 6.76. The Morgan fingerprint density at radius 1 is 1.30 bits per heavy atom. The summed E-state index contributed by atoms with van der Waals surface area (Å²) in [6.45, 7) is 3.85. The minimum absolute atomic E-state index is 0.0153. The van der Waals surface area contributed by atoms with Crippen molar-refractivity contribution in [3.63, 3.8) is 0 Å². The van der Waals surface area contributed by atoms with Crippen LogP contribution in [0, 0.1) is 10.1 Å². The van der Waals surface area contributed by atoms with Gasteiger partial charge in [-0.25, -0.2) is 8.42 Å². The van der Waals surface area contributed by atoms with Crippen LogP contribution in [0.5, 0.6) is 0 Å². The zero-order valence-electron chi connectivity index (χ0n) is 16.1. The number of anilines is 1. The molecule has 12 heteroatoms. The van der Waals surface area contributed by atoms with Crippen molar-refractivity contribution in [1.29, 1.82) is 0 Å². The average molecular weight is 455 g/mol. The molecule has 3 rings (SSSR count). The van der Waals surface area contributed by atoms with Crippen LogP contribution in [0.4, 0.5) is 11.4 Å². The highest BCUT2D eigenvalue weighted by atomic mass is 35.5. The lowest BCUT2D eigenvalue weighted by Gasteiger charge is -2.34. The molecule has 1 saturated heterocycles. The first kappa shape index (κ1) is 22.1. The number of rotatable bonds is 5. The predicted molar refractivity (Wildman–Crippen MR) is 109 cm³/mol. The van der Waals surface area contributed by atoms with Crippen LogP contribution >= 0.6 is 11.6 Å². The van der Waals surface area contributed by atoms with Crippen molar-refractivity contribution in [3.8, 4) is 0 Å². The van der Waals surface area contributed by atoms with Crippen molar-refractivity contribution in [2.75, 3.05) is 18.4 Å². The number of carbonyl (C=O) groups excluding carboxylic acids is 1. The van der Waals surface area contributed by atoms with E-state index >= 15 is 0 Å². The maximum absolute atomic E-state index is 13.1. The smallest absolute Gasteiger partial charge is 0.310 e. The molecule has 1 fully saturated rings. The number of nitro groups is 1. The highest BCUT2D eigenvalue weighted by molar-refractivity contribution is 7.89. The normalized spacial score (nSPS) is 20.0. The first-order valence-corrected chi connectivity index (χ1v) is 10.8. The van der Waals surface area contributed by atoms with E-state index in [2.05, 4.69) is 10.3 Å². The largest absolute Gasteiger partial charge is 0.373 e. The lowest BCUT2D eigenvalue weighted by Crippen LogP contribution is -2.48. The number of sulfonamides is 1. The number of pyridine rings is 1. The van der Waals surface area contributed by atoms with Gasteiger partial charge in [-0.05, 0) is 38.1 Å². The fraction of sp³-hybridized carbons (Fsp3) is 0.333. The molecular weight excluding hydrogens is 436 g/mol. The van der Waals surface area contributed by atoms with E-state index in [4.69, 9.17) is 16.3 Å². The van der Waals surface area contributed by atoms with E-state index < -0.39 is 20.9 Å². The van der Waals surface area contributed by atoms with Crippen LogP contribution in [0.25, 0.3) is 0 Å². The first-order valence-electron chi connectivity index (χ1n) is 8.94. The minimum atomic E-state index is -3.99. The number of benzene rings is 1. The molecule has 1 aromatic heterocycles. The number of morpholine rings is 1. The molecule has 30 heavy (non-hydrogen) atoms. The van der Waals surface area contributed by atoms with Gasteiger partial charge in [-0.1, -0.05) is 11.6 Å². The molecular formula is C18H19ClN4O6S. The van der Waals surface area contributed by atoms with Crippen molar-refractivity contribution in [2.45, 2.75) is 31.0 Å². The van der Waals surface area contributed by atoms with E-state index in [0.29, 0.717) is 0 Å². The van der Waals surface area contributed by atoms with Gasteiger partial charge in [-0.15, -0.1) is 0 Å². The van der Waals surface area contributed by atoms with E-state index in [1.54, 1.807) is 13.8 Å². The highest BCUT2D eigenvalue weighted by Crippen LogP contribution is 2.29. The van der Waals surface area contributed by atoms with Crippen molar-refractivity contribution >= 4 is 38.9 Å². The molecule has 2 atom stereocenters. The van der Waals surface area contributed by atoms with Gasteiger partial charge in [0.05, 0.1) is 22.2 Å². The lowest BCUT2D eigenvalue weighted by molar-refractivity contribution is -0.384. The summed E-state index contributed by atoms with van der Waals surface area (Å²) in [6.07, 6.45) is 1.72. The molecule has 0 bridgehead atoms. The van der Waals surface area contributed by atoms with E-state index in [1.165, 1.54) is 28.7 Å². The number of hydrogen-bond acceptors (Lipinski definition) is 7. The second-order valence-corrected chi connectivity index (χ2v) is 9.14. The molecule has 1 N–H and O–H groups in total. The van der Waals surface area contributed by atoms with Gasteiger partial charge in [-0.2, -0.15) is 4.31 Å². The molecule has 0 aliphatic carbocycles. The summed E-state index contributed by atoms with van der Waals surface area (Å²) in [4.78, 5) is 26.5. The zero-order valence-corrected chi connectivity index (χ0v) is 17.7. The van der Waals surface area contributed by atoms with Gasteiger partial charge in [-0.3, -0.25) is 19.9 Å². The maximum atomic E-state index is 13.1. The maximum Gasteiger partial charge on any atom is 0.310 e. The SMILES string of the molecule is CC1CN(S(=O)(=O)c2cc(C(=O)Nc3ccncc3[N+](=O)[O-])ccc2Cl)CC(C)O1. The van der Waals surface area contributed by atoms with Crippen LogP contribution in [0.3, 0.4) is 0 Å². The summed E-state index contributed by atoms with van der Waals surface area (Å²) in [6, 6.07) is 5.08. The molecule has 1 aliphatic heterocycles. The fourth-order valence-corrected chi connectivity index (χ4v) is 5.23. The number of nitrogens with one attached hydrogen (secondary N) is 1. The monoisotopic (exact) mass is 454 g/mol. The van der Waals surface area contributed by atoms with Gasteiger partial charge >= 0.3 is 5.69 Å². The Balaban J connectivity index is 1.92. The third-order valence-electron chi connectivity index (χ3n) is 4.44. The highest BCUT2D eigenvalue weighted by Gasteiger charge is 2.34. The lowest BCUT2D eigenvalue weighted by atomic mass is 10.2. The molecule has 2 aromatic rings. The van der Waals surface area contributed by atoms with E-state index in [-0.39, 0.29) is 52.2 Å². The Morgan fingerprint density at radius 2 is 1.97 bits per heavy atom. The molecule has 1 aliphatic rings. The van der Waals surface area contributed by atoms with Crippen LogP contribution in [0.1, 0.15) is 24.2 Å². The van der Waals surface area contributed by atoms with Crippen molar-refractivity contribution in [1.82, 2.24) is 9.29 Å². The van der Waals surface area contributed by atoms with Gasteiger partial charge in [0, 0.05) is 24.8 Å². The van der Waals surface area contributed by atoms with Gasteiger partial charge in [0.15, 0.2) is 0 Å². The van der Waals surface area contributed by atoms with Gasteiger partial charge in [0.2, 0.25) is 10.0 Å². The van der Waals surface area contributed by atoms with Crippen molar-refractivity contribution in [2.24, 2.45) is 0 Å². The molecule has 2 heterocycles. The number of carbonyl (C=O) groups is 1. The molecule has 10 nitrogen and oxygen atoms in total. The number of hydrogen-bond donors (Lipinski definition) is 1. The summed E-state index contributed by atoms with van der Waals surface area (Å²) in [7, 11) is -3.99. The Kier molecular flexibility index (Phi) is 6.36. The predicted octanol–water partition coefficient (Wildman–Crippen LogP) is 2.69. The summed E-state index contributed by atoms with van der Waals surface area (Å²) in [5, 5.41) is 13.5. The van der Waals surface area contributed by atoms with E-state index in [9.17, 15) is 23.3 Å². The molecule has 0 spiro atoms. The van der Waals surface area contributed by atoms with Crippen LogP contribution in [0.15, 0.2) is 41.6 Å². The summed E-state index contributed by atoms with van der Waals surface area (Å²) >= 11 is 6.14. The van der Waals surface area contributed by atoms with Crippen LogP contribution < -0.4 is 5.32 Å². The fourth-order valence-electron chi connectivity index (χ4n) is 3.14. The van der Waals surface area contributed by atoms with E-state index in [1.807, 2.05) is 0 Å². The second-order valence-electron chi connectivity index (χ2n) is 6.83. The summed E-state index contributed by atoms with van der Waals surface area (Å²) in [5.74, 6) is -0.721. The molecule has 1 aromatic carbocycles. The Hall–Kier alpha value is -2.60. The quantitative estimate of drug-likeness (QED) is 0.542. The zero-order chi connectivity index (χ0) is 22.1. The standard InChI is InChI=1S/C18H19ClN4O6S/c1-11-9-22(10-12(2)29-11)30(27,28)17-7-13(3-4-14(17)19)18(24)21-15-5-6-20-8-16(15)23(25)26/h3-8,11-12H,9-10H2,1-2H3,(H,20,21,24). The van der Waals surface area contributed by atoms with E-state index in [0.717, 1.165) is 12.3 Å². The van der Waals surface area contributed by atoms with Gasteiger partial charge < -0.3 is 10.1 Å².